The number of methoxy groups -OCH3 is 2. The maximum absolute atomic E-state index is 13.1. The van der Waals surface area contributed by atoms with Crippen LogP contribution >= 0.6 is 11.8 Å². The number of aliphatic imine (C=N–C) groups is 1. The van der Waals surface area contributed by atoms with Gasteiger partial charge in [-0.15, -0.1) is 0 Å². The first-order chi connectivity index (χ1) is 13.7. The van der Waals surface area contributed by atoms with Crippen molar-refractivity contribution in [2.24, 2.45) is 4.99 Å². The summed E-state index contributed by atoms with van der Waals surface area (Å²) < 4.78 is 10.5. The molecule has 1 aliphatic heterocycles. The van der Waals surface area contributed by atoms with Gasteiger partial charge in [0.25, 0.3) is 5.91 Å². The van der Waals surface area contributed by atoms with Gasteiger partial charge in [-0.05, 0) is 42.3 Å². The molecule has 0 fully saturated rings. The number of unbranched alkanes of at least 4 members (excludes halogenated alkanes) is 1. The van der Waals surface area contributed by atoms with Crippen LogP contribution in [0, 0.1) is 0 Å². The molecule has 28 heavy (non-hydrogen) atoms. The molecule has 1 aliphatic rings. The number of amidine groups is 1. The van der Waals surface area contributed by atoms with Crippen molar-refractivity contribution in [3.63, 3.8) is 0 Å². The van der Waals surface area contributed by atoms with E-state index in [2.05, 4.69) is 11.9 Å². The van der Waals surface area contributed by atoms with Crippen molar-refractivity contribution >= 4 is 34.6 Å². The Hall–Kier alpha value is -2.73. The lowest BCUT2D eigenvalue weighted by molar-refractivity contribution is -0.113. The molecule has 3 rings (SSSR count). The van der Waals surface area contributed by atoms with Crippen LogP contribution in [-0.4, -0.2) is 31.0 Å². The number of benzene rings is 2. The van der Waals surface area contributed by atoms with Crippen LogP contribution in [0.4, 0.5) is 5.69 Å². The molecule has 0 radical (unpaired) electrons. The van der Waals surface area contributed by atoms with Crippen molar-refractivity contribution in [2.75, 3.05) is 24.9 Å². The number of hydrogen-bond acceptors (Lipinski definition) is 5. The molecule has 0 bridgehead atoms. The zero-order valence-electron chi connectivity index (χ0n) is 16.3. The number of anilines is 1. The Kier molecular flexibility index (Phi) is 6.76. The van der Waals surface area contributed by atoms with Gasteiger partial charge in [-0.2, -0.15) is 0 Å². The second kappa shape index (κ2) is 9.46. The van der Waals surface area contributed by atoms with Crippen molar-refractivity contribution in [2.45, 2.75) is 19.8 Å². The Labute approximate surface area is 170 Å². The number of ether oxygens (including phenoxy) is 2. The summed E-state index contributed by atoms with van der Waals surface area (Å²) in [6, 6.07) is 15.0. The predicted molar refractivity (Wildman–Crippen MR) is 116 cm³/mol. The van der Waals surface area contributed by atoms with Gasteiger partial charge >= 0.3 is 0 Å². The third-order valence-electron chi connectivity index (χ3n) is 4.29. The van der Waals surface area contributed by atoms with Gasteiger partial charge in [0.2, 0.25) is 0 Å². The predicted octanol–water partition coefficient (Wildman–Crippen LogP) is 4.98. The smallest absolute Gasteiger partial charge is 0.283 e. The zero-order valence-corrected chi connectivity index (χ0v) is 17.2. The van der Waals surface area contributed by atoms with Crippen molar-refractivity contribution in [1.29, 1.82) is 0 Å². The molecule has 0 spiro atoms. The summed E-state index contributed by atoms with van der Waals surface area (Å²) in [5.74, 6) is 2.26. The van der Waals surface area contributed by atoms with Gasteiger partial charge < -0.3 is 9.47 Å². The number of carbonyl (C=O) groups excluding carboxylic acids is 1. The highest BCUT2D eigenvalue weighted by atomic mass is 32.2. The van der Waals surface area contributed by atoms with Gasteiger partial charge in [-0.25, -0.2) is 4.99 Å². The molecule has 2 aromatic rings. The van der Waals surface area contributed by atoms with Crippen LogP contribution in [0.15, 0.2) is 59.2 Å². The largest absolute Gasteiger partial charge is 0.497 e. The molecule has 0 unspecified atom stereocenters. The lowest BCUT2D eigenvalue weighted by atomic mass is 10.2. The van der Waals surface area contributed by atoms with Gasteiger partial charge in [0.15, 0.2) is 5.17 Å². The summed E-state index contributed by atoms with van der Waals surface area (Å²) in [7, 11) is 3.25. The number of hydrogen-bond donors (Lipinski definition) is 0. The zero-order chi connectivity index (χ0) is 19.9. The van der Waals surface area contributed by atoms with Crippen LogP contribution in [0.3, 0.4) is 0 Å². The molecule has 6 heteroatoms. The van der Waals surface area contributed by atoms with Gasteiger partial charge in [-0.3, -0.25) is 9.69 Å². The molecule has 2 aromatic carbocycles. The fourth-order valence-electron chi connectivity index (χ4n) is 2.74. The molecular formula is C22H24N2O3S. The van der Waals surface area contributed by atoms with Gasteiger partial charge in [0.05, 0.1) is 19.9 Å². The normalized spacial score (nSPS) is 15.1. The second-order valence-corrected chi connectivity index (χ2v) is 7.30. The molecule has 1 heterocycles. The van der Waals surface area contributed by atoms with E-state index in [1.807, 2.05) is 54.6 Å². The molecule has 0 atom stereocenters. The highest BCUT2D eigenvalue weighted by molar-refractivity contribution is 8.14. The lowest BCUT2D eigenvalue weighted by Gasteiger charge is -2.18. The van der Waals surface area contributed by atoms with Crippen LogP contribution < -0.4 is 14.4 Å². The minimum atomic E-state index is -0.136. The maximum atomic E-state index is 13.1. The fraction of sp³-hybridized carbons (Fsp3) is 0.273. The summed E-state index contributed by atoms with van der Waals surface area (Å²) in [6.45, 7) is 2.15. The summed E-state index contributed by atoms with van der Waals surface area (Å²) in [6.07, 6.45) is 3.98. The number of carbonyl (C=O) groups is 1. The Bertz CT molecular complexity index is 891. The van der Waals surface area contributed by atoms with Crippen LogP contribution in [0.5, 0.6) is 11.5 Å². The van der Waals surface area contributed by atoms with E-state index >= 15 is 0 Å². The third-order valence-corrected chi connectivity index (χ3v) is 5.31. The van der Waals surface area contributed by atoms with E-state index in [-0.39, 0.29) is 5.91 Å². The van der Waals surface area contributed by atoms with Crippen molar-refractivity contribution < 1.29 is 14.3 Å². The van der Waals surface area contributed by atoms with Gasteiger partial charge in [0, 0.05) is 11.8 Å². The SMILES string of the molecule is CCCCSC1=N/C(=C\c2ccc(OC)cc2)C(=O)N1c1cccc(OC)c1. The average molecular weight is 397 g/mol. The van der Waals surface area contributed by atoms with Crippen LogP contribution in [0.2, 0.25) is 0 Å². The van der Waals surface area contributed by atoms with Gasteiger partial charge in [-0.1, -0.05) is 43.3 Å². The summed E-state index contributed by atoms with van der Waals surface area (Å²) in [4.78, 5) is 19.4. The topological polar surface area (TPSA) is 51.1 Å². The molecular weight excluding hydrogens is 372 g/mol. The highest BCUT2D eigenvalue weighted by Crippen LogP contribution is 2.31. The molecule has 0 aromatic heterocycles. The fourth-order valence-corrected chi connectivity index (χ4v) is 3.83. The van der Waals surface area contributed by atoms with Crippen molar-refractivity contribution in [1.82, 2.24) is 0 Å². The van der Waals surface area contributed by atoms with Crippen molar-refractivity contribution in [3.8, 4) is 11.5 Å². The number of amides is 1. The third kappa shape index (κ3) is 4.57. The maximum Gasteiger partial charge on any atom is 0.283 e. The van der Waals surface area contributed by atoms with Gasteiger partial charge in [0.1, 0.15) is 17.2 Å². The van der Waals surface area contributed by atoms with E-state index in [9.17, 15) is 4.79 Å². The van der Waals surface area contributed by atoms with E-state index in [4.69, 9.17) is 9.47 Å². The number of rotatable bonds is 7. The average Bonchev–Trinajstić information content (AvgIpc) is 3.04. The first-order valence-corrected chi connectivity index (χ1v) is 10.2. The van der Waals surface area contributed by atoms with E-state index in [1.54, 1.807) is 30.9 Å². The van der Waals surface area contributed by atoms with E-state index in [0.29, 0.717) is 16.6 Å². The lowest BCUT2D eigenvalue weighted by Crippen LogP contribution is -2.30. The van der Waals surface area contributed by atoms with Crippen molar-refractivity contribution in [3.05, 3.63) is 59.8 Å². The summed E-state index contributed by atoms with van der Waals surface area (Å²) in [5, 5.41) is 0.700. The Morgan fingerprint density at radius 1 is 1.07 bits per heavy atom. The van der Waals surface area contributed by atoms with Crippen LogP contribution in [-0.2, 0) is 4.79 Å². The van der Waals surface area contributed by atoms with E-state index in [0.717, 1.165) is 35.6 Å². The highest BCUT2D eigenvalue weighted by Gasteiger charge is 2.32. The Balaban J connectivity index is 1.93. The molecule has 5 nitrogen and oxygen atoms in total. The summed E-state index contributed by atoms with van der Waals surface area (Å²) >= 11 is 1.60. The first kappa shape index (κ1) is 20.0. The second-order valence-electron chi connectivity index (χ2n) is 6.24. The van der Waals surface area contributed by atoms with E-state index in [1.165, 1.54) is 0 Å². The minimum Gasteiger partial charge on any atom is -0.497 e. The monoisotopic (exact) mass is 396 g/mol. The molecule has 146 valence electrons. The molecule has 0 saturated carbocycles. The molecule has 0 aliphatic carbocycles. The molecule has 0 saturated heterocycles. The van der Waals surface area contributed by atoms with Crippen LogP contribution in [0.25, 0.3) is 6.08 Å². The van der Waals surface area contributed by atoms with E-state index < -0.39 is 0 Å². The summed E-state index contributed by atoms with van der Waals surface area (Å²) in [5.41, 5.74) is 2.08. The molecule has 0 N–H and O–H groups in total. The van der Waals surface area contributed by atoms with Crippen LogP contribution in [0.1, 0.15) is 25.3 Å². The minimum absolute atomic E-state index is 0.136. The number of nitrogens with zero attached hydrogens (tertiary/aromatic N) is 2. The quantitative estimate of drug-likeness (QED) is 0.489. The Morgan fingerprint density at radius 2 is 1.82 bits per heavy atom. The first-order valence-electron chi connectivity index (χ1n) is 9.22. The molecule has 1 amide bonds. The number of thioether (sulfide) groups is 1. The Morgan fingerprint density at radius 3 is 2.50 bits per heavy atom. The standard InChI is InChI=1S/C22H24N2O3S/c1-4-5-13-28-22-23-20(14-16-9-11-18(26-2)12-10-16)21(25)24(22)17-7-6-8-19(15-17)27-3/h6-12,14-15H,4-5,13H2,1-3H3/b20-14-.